The SMILES string of the molecule is CC=CN(CCO)S(=O)(=O)C1CCN(c2cnc3ccc(-c4cncc(NC)c4)cc3n2)CC1. The van der Waals surface area contributed by atoms with Crippen molar-refractivity contribution in [2.24, 2.45) is 0 Å². The van der Waals surface area contributed by atoms with Crippen molar-refractivity contribution in [3.8, 4) is 11.1 Å². The summed E-state index contributed by atoms with van der Waals surface area (Å²) in [6.07, 6.45) is 9.51. The summed E-state index contributed by atoms with van der Waals surface area (Å²) in [6, 6.07) is 7.99. The zero-order valence-electron chi connectivity index (χ0n) is 19.4. The lowest BCUT2D eigenvalue weighted by atomic mass is 10.1. The molecular formula is C24H30N6O3S. The Morgan fingerprint density at radius 1 is 1.15 bits per heavy atom. The average molecular weight is 483 g/mol. The Hall–Kier alpha value is -3.24. The van der Waals surface area contributed by atoms with Crippen LogP contribution >= 0.6 is 0 Å². The second kappa shape index (κ2) is 10.4. The van der Waals surface area contributed by atoms with Gasteiger partial charge in [-0.2, -0.15) is 0 Å². The van der Waals surface area contributed by atoms with Crippen LogP contribution in [0.25, 0.3) is 22.2 Å². The number of aliphatic hydroxyl groups is 1. The first-order valence-corrected chi connectivity index (χ1v) is 12.9. The topological polar surface area (TPSA) is 112 Å². The highest BCUT2D eigenvalue weighted by atomic mass is 32.2. The standard InChI is InChI=1S/C24H30N6O3S/c1-3-8-30(11-12-31)34(32,33)21-6-9-29(10-7-21)24-17-27-22-5-4-18(14-23(22)28-24)19-13-20(25-2)16-26-15-19/h3-5,8,13-17,21,25,31H,6-7,9-12H2,1-2H3. The number of hydrogen-bond acceptors (Lipinski definition) is 8. The molecule has 3 aromatic rings. The third-order valence-electron chi connectivity index (χ3n) is 6.04. The Morgan fingerprint density at radius 3 is 2.65 bits per heavy atom. The first-order valence-electron chi connectivity index (χ1n) is 11.4. The number of sulfonamides is 1. The molecule has 0 spiro atoms. The first-order chi connectivity index (χ1) is 16.5. The molecule has 1 aromatic carbocycles. The monoisotopic (exact) mass is 482 g/mol. The number of pyridine rings is 1. The lowest BCUT2D eigenvalue weighted by Crippen LogP contribution is -2.44. The summed E-state index contributed by atoms with van der Waals surface area (Å²) in [7, 11) is -1.66. The average Bonchev–Trinajstić information content (AvgIpc) is 2.88. The third kappa shape index (κ3) is 4.97. The molecule has 1 fully saturated rings. The molecular weight excluding hydrogens is 452 g/mol. The molecule has 0 aliphatic carbocycles. The predicted octanol–water partition coefficient (Wildman–Crippen LogP) is 2.86. The van der Waals surface area contributed by atoms with Crippen molar-refractivity contribution in [3.63, 3.8) is 0 Å². The number of aliphatic hydroxyl groups excluding tert-OH is 1. The summed E-state index contributed by atoms with van der Waals surface area (Å²) in [5.74, 6) is 0.739. The number of piperidine rings is 1. The molecule has 1 saturated heterocycles. The highest BCUT2D eigenvalue weighted by Gasteiger charge is 2.33. The van der Waals surface area contributed by atoms with Crippen LogP contribution in [-0.4, -0.2) is 71.3 Å². The van der Waals surface area contributed by atoms with E-state index in [2.05, 4.69) is 20.2 Å². The smallest absolute Gasteiger partial charge is 0.237 e. The minimum atomic E-state index is -3.52. The summed E-state index contributed by atoms with van der Waals surface area (Å²) >= 11 is 0. The highest BCUT2D eigenvalue weighted by Crippen LogP contribution is 2.28. The van der Waals surface area contributed by atoms with Crippen LogP contribution in [0.15, 0.2) is 55.1 Å². The highest BCUT2D eigenvalue weighted by molar-refractivity contribution is 7.89. The van der Waals surface area contributed by atoms with E-state index in [1.165, 1.54) is 10.5 Å². The zero-order chi connectivity index (χ0) is 24.1. The van der Waals surface area contributed by atoms with Crippen molar-refractivity contribution >= 4 is 32.6 Å². The minimum Gasteiger partial charge on any atom is -0.394 e. The van der Waals surface area contributed by atoms with Crippen molar-refractivity contribution < 1.29 is 13.5 Å². The molecule has 10 heteroatoms. The number of benzene rings is 1. The summed E-state index contributed by atoms with van der Waals surface area (Å²) in [5.41, 5.74) is 4.50. The van der Waals surface area contributed by atoms with Gasteiger partial charge in [-0.3, -0.25) is 14.3 Å². The van der Waals surface area contributed by atoms with Crippen LogP contribution in [0.5, 0.6) is 0 Å². The van der Waals surface area contributed by atoms with Crippen LogP contribution in [0.2, 0.25) is 0 Å². The third-order valence-corrected chi connectivity index (χ3v) is 8.31. The van der Waals surface area contributed by atoms with Gasteiger partial charge in [0.2, 0.25) is 10.0 Å². The first kappa shape index (κ1) is 23.9. The number of rotatable bonds is 8. The number of anilines is 2. The fourth-order valence-electron chi connectivity index (χ4n) is 4.19. The Kier molecular flexibility index (Phi) is 7.28. The number of nitrogens with zero attached hydrogens (tertiary/aromatic N) is 5. The lowest BCUT2D eigenvalue weighted by Gasteiger charge is -2.34. The van der Waals surface area contributed by atoms with Gasteiger partial charge >= 0.3 is 0 Å². The van der Waals surface area contributed by atoms with Gasteiger partial charge in [0.1, 0.15) is 5.82 Å². The van der Waals surface area contributed by atoms with Crippen LogP contribution in [0.1, 0.15) is 19.8 Å². The van der Waals surface area contributed by atoms with Crippen molar-refractivity contribution in [1.29, 1.82) is 0 Å². The van der Waals surface area contributed by atoms with Gasteiger partial charge in [0, 0.05) is 44.3 Å². The van der Waals surface area contributed by atoms with Gasteiger partial charge in [-0.15, -0.1) is 0 Å². The van der Waals surface area contributed by atoms with Crippen molar-refractivity contribution in [1.82, 2.24) is 19.3 Å². The molecule has 1 aliphatic heterocycles. The number of nitrogens with one attached hydrogen (secondary N) is 1. The molecule has 0 bridgehead atoms. The van der Waals surface area contributed by atoms with Crippen LogP contribution in [0.4, 0.5) is 11.5 Å². The Balaban J connectivity index is 1.52. The molecule has 2 N–H and O–H groups in total. The summed E-state index contributed by atoms with van der Waals surface area (Å²) in [5, 5.41) is 11.9. The molecule has 4 rings (SSSR count). The number of aromatic nitrogens is 3. The second-order valence-corrected chi connectivity index (χ2v) is 10.4. The van der Waals surface area contributed by atoms with Gasteiger partial charge in [0.05, 0.1) is 41.3 Å². The van der Waals surface area contributed by atoms with E-state index < -0.39 is 15.3 Å². The molecule has 0 atom stereocenters. The maximum Gasteiger partial charge on any atom is 0.237 e. The fraction of sp³-hybridized carbons (Fsp3) is 0.375. The van der Waals surface area contributed by atoms with Crippen molar-refractivity contribution in [3.05, 3.63) is 55.1 Å². The molecule has 3 heterocycles. The molecule has 9 nitrogen and oxygen atoms in total. The molecule has 0 saturated carbocycles. The zero-order valence-corrected chi connectivity index (χ0v) is 20.2. The van der Waals surface area contributed by atoms with Crippen molar-refractivity contribution in [2.75, 3.05) is 43.5 Å². The summed E-state index contributed by atoms with van der Waals surface area (Å²) in [6.45, 7) is 2.76. The molecule has 0 unspecified atom stereocenters. The van der Waals surface area contributed by atoms with E-state index in [1.54, 1.807) is 25.4 Å². The largest absolute Gasteiger partial charge is 0.394 e. The molecule has 0 amide bonds. The normalized spacial score (nSPS) is 15.2. The summed E-state index contributed by atoms with van der Waals surface area (Å²) in [4.78, 5) is 15.8. The molecule has 180 valence electrons. The van der Waals surface area contributed by atoms with Gasteiger partial charge in [-0.05, 0) is 43.5 Å². The van der Waals surface area contributed by atoms with Crippen LogP contribution in [-0.2, 0) is 10.0 Å². The molecule has 0 radical (unpaired) electrons. The molecule has 2 aromatic heterocycles. The minimum absolute atomic E-state index is 0.0676. The van der Waals surface area contributed by atoms with Gasteiger partial charge in [-0.25, -0.2) is 13.4 Å². The van der Waals surface area contributed by atoms with E-state index in [0.29, 0.717) is 25.9 Å². The van der Waals surface area contributed by atoms with Crippen LogP contribution in [0.3, 0.4) is 0 Å². The van der Waals surface area contributed by atoms with Gasteiger partial charge in [-0.1, -0.05) is 12.1 Å². The number of fused-ring (bicyclic) bond motifs is 1. The maximum absolute atomic E-state index is 13.0. The van der Waals surface area contributed by atoms with Crippen molar-refractivity contribution in [2.45, 2.75) is 25.0 Å². The van der Waals surface area contributed by atoms with E-state index in [0.717, 1.165) is 33.7 Å². The lowest BCUT2D eigenvalue weighted by molar-refractivity contribution is 0.272. The van der Waals surface area contributed by atoms with E-state index in [4.69, 9.17) is 4.98 Å². The quantitative estimate of drug-likeness (QED) is 0.504. The Morgan fingerprint density at radius 2 is 1.94 bits per heavy atom. The molecule has 34 heavy (non-hydrogen) atoms. The fourth-order valence-corrected chi connectivity index (χ4v) is 6.01. The maximum atomic E-state index is 13.0. The van der Waals surface area contributed by atoms with Crippen LogP contribution < -0.4 is 10.2 Å². The summed E-state index contributed by atoms with van der Waals surface area (Å²) < 4.78 is 27.3. The van der Waals surface area contributed by atoms with Gasteiger partial charge in [0.15, 0.2) is 0 Å². The Bertz CT molecular complexity index is 1270. The number of hydrogen-bond donors (Lipinski definition) is 2. The second-order valence-electron chi connectivity index (χ2n) is 8.19. The van der Waals surface area contributed by atoms with E-state index in [-0.39, 0.29) is 13.2 Å². The number of allylic oxidation sites excluding steroid dienone is 1. The van der Waals surface area contributed by atoms with E-state index in [9.17, 15) is 13.5 Å². The van der Waals surface area contributed by atoms with E-state index >= 15 is 0 Å². The van der Waals surface area contributed by atoms with E-state index in [1.807, 2.05) is 37.5 Å². The predicted molar refractivity (Wildman–Crippen MR) is 135 cm³/mol. The van der Waals surface area contributed by atoms with Crippen LogP contribution in [0, 0.1) is 0 Å². The Labute approximate surface area is 200 Å². The van der Waals surface area contributed by atoms with Gasteiger partial charge in [0.25, 0.3) is 0 Å². The van der Waals surface area contributed by atoms with Gasteiger partial charge < -0.3 is 15.3 Å². The molecule has 1 aliphatic rings.